The predicted molar refractivity (Wildman–Crippen MR) is 230 cm³/mol. The molecule has 6 aromatic rings. The number of esters is 3. The summed E-state index contributed by atoms with van der Waals surface area (Å²) >= 11 is 0. The van der Waals surface area contributed by atoms with Crippen LogP contribution < -0.4 is 10.9 Å². The fourth-order valence-corrected chi connectivity index (χ4v) is 4.40. The summed E-state index contributed by atoms with van der Waals surface area (Å²) in [6.45, 7) is 11.2. The lowest BCUT2D eigenvalue weighted by Crippen LogP contribution is -2.43. The molecule has 0 fully saturated rings. The first kappa shape index (κ1) is 52.5. The van der Waals surface area contributed by atoms with Crippen molar-refractivity contribution in [3.05, 3.63) is 119 Å². The predicted octanol–water partition coefficient (Wildman–Crippen LogP) is 4.85. The van der Waals surface area contributed by atoms with E-state index in [4.69, 9.17) is 19.0 Å². The van der Waals surface area contributed by atoms with Crippen LogP contribution in [0.4, 0.5) is 0 Å². The number of hydrogen-bond donors (Lipinski definition) is 4. The molecular weight excluding hydrogens is 881 g/mol. The van der Waals surface area contributed by atoms with Gasteiger partial charge in [0.1, 0.15) is 22.8 Å². The summed E-state index contributed by atoms with van der Waals surface area (Å²) < 4.78 is 24.4. The second-order valence-corrected chi connectivity index (χ2v) is 14.1. The first-order valence-corrected chi connectivity index (χ1v) is 19.6. The number of hydrazine groups is 1. The topological polar surface area (TPSA) is 341 Å². The minimum Gasteiger partial charge on any atom is -0.478 e. The fourth-order valence-electron chi connectivity index (χ4n) is 4.40. The Morgan fingerprint density at radius 1 is 0.493 bits per heavy atom. The van der Waals surface area contributed by atoms with Crippen LogP contribution >= 0.6 is 0 Å². The van der Waals surface area contributed by atoms with Gasteiger partial charge in [0.05, 0.1) is 43.6 Å². The Morgan fingerprint density at radius 3 is 1.18 bits per heavy atom. The van der Waals surface area contributed by atoms with E-state index in [0.717, 1.165) is 6.20 Å². The lowest BCUT2D eigenvalue weighted by atomic mass is 10.2. The number of carbonyl (C=O) groups excluding carboxylic acids is 5. The zero-order valence-corrected chi connectivity index (χ0v) is 37.5. The van der Waals surface area contributed by atoms with Gasteiger partial charge in [0.25, 0.3) is 17.7 Å². The van der Waals surface area contributed by atoms with Crippen LogP contribution in [0.1, 0.15) is 128 Å². The van der Waals surface area contributed by atoms with E-state index in [1.54, 1.807) is 32.0 Å². The van der Waals surface area contributed by atoms with Crippen LogP contribution in [0.25, 0.3) is 23.2 Å². The minimum atomic E-state index is -1.13. The normalized spacial score (nSPS) is 10.2. The quantitative estimate of drug-likeness (QED) is 0.0766. The Hall–Kier alpha value is -8.83. The maximum Gasteiger partial charge on any atom is 0.354 e. The van der Waals surface area contributed by atoms with Gasteiger partial charge >= 0.3 is 29.8 Å². The first-order valence-electron chi connectivity index (χ1n) is 19.6. The number of carbonyl (C=O) groups is 7. The molecule has 0 bridgehead atoms. The molecular formula is C43H46N10O14. The van der Waals surface area contributed by atoms with Gasteiger partial charge in [-0.3, -0.25) is 35.4 Å². The molecule has 0 aromatic carbocycles. The van der Waals surface area contributed by atoms with Gasteiger partial charge in [0.2, 0.25) is 17.7 Å². The van der Waals surface area contributed by atoms with Crippen LogP contribution in [-0.2, 0) is 19.0 Å². The molecule has 6 aromatic heterocycles. The van der Waals surface area contributed by atoms with Crippen molar-refractivity contribution in [2.24, 2.45) is 5.92 Å². The molecule has 0 spiro atoms. The number of pyridine rings is 4. The van der Waals surface area contributed by atoms with E-state index >= 15 is 0 Å². The molecule has 0 radical (unpaired) electrons. The van der Waals surface area contributed by atoms with E-state index in [1.165, 1.54) is 70.3 Å². The molecule has 0 atom stereocenters. The molecule has 6 heterocycles. The van der Waals surface area contributed by atoms with Gasteiger partial charge in [-0.15, -0.1) is 20.4 Å². The van der Waals surface area contributed by atoms with Gasteiger partial charge in [0.15, 0.2) is 0 Å². The van der Waals surface area contributed by atoms with E-state index in [2.05, 4.69) is 65.4 Å². The number of carboxylic acids is 2. The molecule has 0 saturated carbocycles. The molecule has 2 amide bonds. The third kappa shape index (κ3) is 16.0. The molecule has 0 unspecified atom stereocenters. The van der Waals surface area contributed by atoms with Crippen LogP contribution in [0.5, 0.6) is 0 Å². The minimum absolute atomic E-state index is 0.0803. The molecule has 352 valence electrons. The van der Waals surface area contributed by atoms with Crippen molar-refractivity contribution in [2.75, 3.05) is 21.3 Å². The summed E-state index contributed by atoms with van der Waals surface area (Å²) in [5.74, 6) is -2.71. The van der Waals surface area contributed by atoms with Crippen LogP contribution in [0.15, 0.2) is 82.2 Å². The van der Waals surface area contributed by atoms with E-state index in [-0.39, 0.29) is 51.7 Å². The zero-order valence-electron chi connectivity index (χ0n) is 37.5. The molecule has 6 rings (SSSR count). The van der Waals surface area contributed by atoms with Gasteiger partial charge in [0, 0.05) is 42.5 Å². The Kier molecular flexibility index (Phi) is 20.0. The molecule has 0 saturated heterocycles. The maximum atomic E-state index is 11.6. The summed E-state index contributed by atoms with van der Waals surface area (Å²) in [6.07, 6.45) is 5.07. The lowest BCUT2D eigenvalue weighted by Gasteiger charge is -2.08. The number of nitrogens with one attached hydrogen (secondary N) is 2. The Balaban J connectivity index is 0.000000239. The van der Waals surface area contributed by atoms with Gasteiger partial charge in [-0.05, 0) is 48.5 Å². The standard InChI is InChI=1S/C12H15N3O4.C12H13N3O3.C11H11N3O3.C8H7NO4/c1-7(2)10(16)14-15-11(17)9-5-4-8(6-13-9)12(18)19-3;1-7(2)10-14-15-11(18-10)9-5-4-8(6-13-9)12(16)17-3;1-6(2)9-13-14-10(17-9)8-4-3-7(5-12-8)11(15)16;1-13-8(12)5-2-3-6(7(10)11)9-4-5/h4-7H,1-3H3,(H,14,16)(H,15,17);4-7H,1-3H3;3-6H,1-2H3,(H,15,16);2-4H,1H3,(H,10,11). The number of ether oxygens (including phenoxy) is 3. The number of rotatable bonds is 11. The van der Waals surface area contributed by atoms with E-state index < -0.39 is 35.8 Å². The van der Waals surface area contributed by atoms with Crippen LogP contribution in [0.2, 0.25) is 0 Å². The highest BCUT2D eigenvalue weighted by atomic mass is 16.5. The molecule has 0 aliphatic carbocycles. The Labute approximate surface area is 381 Å². The largest absolute Gasteiger partial charge is 0.478 e. The summed E-state index contributed by atoms with van der Waals surface area (Å²) in [4.78, 5) is 92.6. The van der Waals surface area contributed by atoms with Crippen molar-refractivity contribution in [1.29, 1.82) is 0 Å². The monoisotopic (exact) mass is 926 g/mol. The highest BCUT2D eigenvalue weighted by molar-refractivity contribution is 5.95. The third-order valence-electron chi connectivity index (χ3n) is 8.15. The van der Waals surface area contributed by atoms with Crippen LogP contribution in [0, 0.1) is 5.92 Å². The molecule has 0 aliphatic heterocycles. The Morgan fingerprint density at radius 2 is 0.881 bits per heavy atom. The molecule has 4 N–H and O–H groups in total. The molecule has 67 heavy (non-hydrogen) atoms. The highest BCUT2D eigenvalue weighted by Crippen LogP contribution is 2.21. The second kappa shape index (κ2) is 25.5. The molecule has 24 heteroatoms. The van der Waals surface area contributed by atoms with Gasteiger partial charge in [-0.1, -0.05) is 41.5 Å². The summed E-state index contributed by atoms with van der Waals surface area (Å²) in [6, 6.07) is 11.6. The van der Waals surface area contributed by atoms with Crippen molar-refractivity contribution in [3.63, 3.8) is 0 Å². The molecule has 24 nitrogen and oxygen atoms in total. The van der Waals surface area contributed by atoms with E-state index in [9.17, 15) is 33.6 Å². The number of nitrogens with zero attached hydrogens (tertiary/aromatic N) is 8. The number of aromatic nitrogens is 8. The third-order valence-corrected chi connectivity index (χ3v) is 8.15. The summed E-state index contributed by atoms with van der Waals surface area (Å²) in [5.41, 5.74) is 6.43. The first-order chi connectivity index (χ1) is 31.8. The van der Waals surface area contributed by atoms with Gasteiger partial charge in [-0.2, -0.15) is 0 Å². The van der Waals surface area contributed by atoms with Crippen LogP contribution in [-0.4, -0.2) is 114 Å². The summed E-state index contributed by atoms with van der Waals surface area (Å²) in [7, 11) is 3.82. The zero-order chi connectivity index (χ0) is 49.8. The number of amides is 2. The average molecular weight is 927 g/mol. The highest BCUT2D eigenvalue weighted by Gasteiger charge is 2.16. The number of carboxylic acid groups (broad SMARTS) is 2. The van der Waals surface area contributed by atoms with Crippen molar-refractivity contribution >= 4 is 41.7 Å². The number of aromatic carboxylic acids is 2. The summed E-state index contributed by atoms with van der Waals surface area (Å²) in [5, 5.41) is 32.8. The number of hydrogen-bond acceptors (Lipinski definition) is 20. The SMILES string of the molecule is CC(C)c1nnc(-c2ccc(C(=O)O)cn2)o1.COC(=O)c1ccc(-c2nnc(C(C)C)o2)nc1.COC(=O)c1ccc(C(=O)NNC(=O)C(C)C)nc1.COC(=O)c1ccc(C(=O)O)nc1. The van der Waals surface area contributed by atoms with Gasteiger partial charge < -0.3 is 33.3 Å². The molecule has 0 aliphatic rings. The van der Waals surface area contributed by atoms with Crippen molar-refractivity contribution in [1.82, 2.24) is 51.2 Å². The van der Waals surface area contributed by atoms with Crippen molar-refractivity contribution in [3.8, 4) is 23.2 Å². The van der Waals surface area contributed by atoms with Crippen LogP contribution in [0.3, 0.4) is 0 Å². The van der Waals surface area contributed by atoms with E-state index in [1.807, 2.05) is 27.7 Å². The van der Waals surface area contributed by atoms with E-state index in [0.29, 0.717) is 40.5 Å². The van der Waals surface area contributed by atoms with Crippen molar-refractivity contribution < 1.29 is 66.8 Å². The number of methoxy groups -OCH3 is 3. The Bertz CT molecular complexity index is 2610. The maximum absolute atomic E-state index is 11.6. The smallest absolute Gasteiger partial charge is 0.354 e. The van der Waals surface area contributed by atoms with Crippen molar-refractivity contribution in [2.45, 2.75) is 53.4 Å². The second-order valence-electron chi connectivity index (χ2n) is 14.1. The fraction of sp³-hybridized carbons (Fsp3) is 0.279. The van der Waals surface area contributed by atoms with Gasteiger partial charge in [-0.25, -0.2) is 29.0 Å². The lowest BCUT2D eigenvalue weighted by molar-refractivity contribution is -0.124. The average Bonchev–Trinajstić information content (AvgIpc) is 4.05.